The Kier molecular flexibility index (Phi) is 4.09. The van der Waals surface area contributed by atoms with Crippen LogP contribution in [0.15, 0.2) is 18.2 Å². The van der Waals surface area contributed by atoms with Crippen LogP contribution in [0, 0.1) is 0 Å². The van der Waals surface area contributed by atoms with E-state index in [-0.39, 0.29) is 5.91 Å². The van der Waals surface area contributed by atoms with Gasteiger partial charge in [-0.2, -0.15) is 0 Å². The second-order valence-electron chi connectivity index (χ2n) is 3.45. The first-order valence-corrected chi connectivity index (χ1v) is 5.02. The highest BCUT2D eigenvalue weighted by atomic mass is 16.5. The molecule has 5 nitrogen and oxygen atoms in total. The van der Waals surface area contributed by atoms with Crippen molar-refractivity contribution in [3.63, 3.8) is 0 Å². The van der Waals surface area contributed by atoms with Crippen LogP contribution in [0.5, 0.6) is 5.75 Å². The highest BCUT2D eigenvalue weighted by Gasteiger charge is 2.15. The van der Waals surface area contributed by atoms with Gasteiger partial charge in [0.1, 0.15) is 11.3 Å². The second kappa shape index (κ2) is 5.34. The number of hydrogen-bond acceptors (Lipinski definition) is 4. The average Bonchev–Trinajstić information content (AvgIpc) is 2.35. The summed E-state index contributed by atoms with van der Waals surface area (Å²) in [4.78, 5) is 24.1. The molecule has 0 N–H and O–H groups in total. The predicted molar refractivity (Wildman–Crippen MR) is 63.4 cm³/mol. The van der Waals surface area contributed by atoms with Crippen LogP contribution in [0.2, 0.25) is 0 Å². The molecule has 0 heterocycles. The summed E-state index contributed by atoms with van der Waals surface area (Å²) in [5, 5.41) is 0. The molecule has 0 aromatic heterocycles. The molecule has 0 bridgehead atoms. The number of benzene rings is 1. The van der Waals surface area contributed by atoms with Gasteiger partial charge in [-0.15, -0.1) is 0 Å². The lowest BCUT2D eigenvalue weighted by molar-refractivity contribution is -0.116. The van der Waals surface area contributed by atoms with Crippen molar-refractivity contribution in [3.05, 3.63) is 23.8 Å². The fraction of sp³-hybridized carbons (Fsp3) is 0.333. The second-order valence-corrected chi connectivity index (χ2v) is 3.45. The molecular formula is C12H15NO4. The number of carbonyl (C=O) groups is 2. The van der Waals surface area contributed by atoms with Gasteiger partial charge in [0.15, 0.2) is 0 Å². The van der Waals surface area contributed by atoms with E-state index >= 15 is 0 Å². The summed E-state index contributed by atoms with van der Waals surface area (Å²) in [6.07, 6.45) is 0. The summed E-state index contributed by atoms with van der Waals surface area (Å²) >= 11 is 0. The molecule has 0 fully saturated rings. The van der Waals surface area contributed by atoms with E-state index in [1.807, 2.05) is 0 Å². The predicted octanol–water partition coefficient (Wildman–Crippen LogP) is 1.46. The molecule has 1 amide bonds. The van der Waals surface area contributed by atoms with Gasteiger partial charge in [-0.25, -0.2) is 4.79 Å². The van der Waals surface area contributed by atoms with E-state index in [2.05, 4.69) is 4.74 Å². The van der Waals surface area contributed by atoms with E-state index in [4.69, 9.17) is 4.74 Å². The molecule has 5 heteroatoms. The minimum atomic E-state index is -0.473. The molecule has 92 valence electrons. The molecule has 0 atom stereocenters. The Morgan fingerprint density at radius 2 is 1.88 bits per heavy atom. The van der Waals surface area contributed by atoms with E-state index in [0.717, 1.165) is 0 Å². The van der Waals surface area contributed by atoms with Crippen LogP contribution in [-0.4, -0.2) is 33.1 Å². The SMILES string of the molecule is COC(=O)c1ccc(N(C)C(C)=O)cc1OC. The molecule has 0 aliphatic heterocycles. The van der Waals surface area contributed by atoms with Gasteiger partial charge < -0.3 is 14.4 Å². The Labute approximate surface area is 99.9 Å². The van der Waals surface area contributed by atoms with E-state index in [1.165, 1.54) is 26.0 Å². The van der Waals surface area contributed by atoms with Crippen molar-refractivity contribution in [2.45, 2.75) is 6.92 Å². The van der Waals surface area contributed by atoms with Crippen molar-refractivity contribution in [2.24, 2.45) is 0 Å². The average molecular weight is 237 g/mol. The number of carbonyl (C=O) groups excluding carboxylic acids is 2. The third-order valence-corrected chi connectivity index (χ3v) is 2.45. The van der Waals surface area contributed by atoms with Gasteiger partial charge in [-0.3, -0.25) is 4.79 Å². The maximum absolute atomic E-state index is 11.4. The molecule has 0 radical (unpaired) electrons. The number of rotatable bonds is 3. The Morgan fingerprint density at radius 1 is 1.24 bits per heavy atom. The van der Waals surface area contributed by atoms with Gasteiger partial charge in [-0.05, 0) is 12.1 Å². The summed E-state index contributed by atoms with van der Waals surface area (Å²) in [7, 11) is 4.41. The molecule has 1 aromatic carbocycles. The van der Waals surface area contributed by atoms with Crippen LogP contribution < -0.4 is 9.64 Å². The van der Waals surface area contributed by atoms with Crippen molar-refractivity contribution in [1.29, 1.82) is 0 Å². The third kappa shape index (κ3) is 2.75. The molecule has 0 aliphatic rings. The largest absolute Gasteiger partial charge is 0.496 e. The first-order valence-electron chi connectivity index (χ1n) is 5.02. The minimum Gasteiger partial charge on any atom is -0.496 e. The number of ether oxygens (including phenoxy) is 2. The van der Waals surface area contributed by atoms with E-state index in [0.29, 0.717) is 17.0 Å². The van der Waals surface area contributed by atoms with E-state index in [1.54, 1.807) is 25.2 Å². The number of nitrogens with zero attached hydrogens (tertiary/aromatic N) is 1. The quantitative estimate of drug-likeness (QED) is 0.747. The number of methoxy groups -OCH3 is 2. The molecule has 17 heavy (non-hydrogen) atoms. The van der Waals surface area contributed by atoms with Crippen molar-refractivity contribution in [2.75, 3.05) is 26.2 Å². The van der Waals surface area contributed by atoms with Gasteiger partial charge in [-0.1, -0.05) is 0 Å². The summed E-state index contributed by atoms with van der Waals surface area (Å²) in [6.45, 7) is 1.46. The zero-order valence-electron chi connectivity index (χ0n) is 10.3. The van der Waals surface area contributed by atoms with Crippen LogP contribution in [0.25, 0.3) is 0 Å². The normalized spacial score (nSPS) is 9.65. The van der Waals surface area contributed by atoms with Gasteiger partial charge >= 0.3 is 5.97 Å². The van der Waals surface area contributed by atoms with Gasteiger partial charge in [0.05, 0.1) is 14.2 Å². The molecule has 0 saturated heterocycles. The smallest absolute Gasteiger partial charge is 0.341 e. The fourth-order valence-corrected chi connectivity index (χ4v) is 1.35. The van der Waals surface area contributed by atoms with Gasteiger partial charge in [0, 0.05) is 25.7 Å². The molecule has 0 aliphatic carbocycles. The molecule has 1 aromatic rings. The van der Waals surface area contributed by atoms with Gasteiger partial charge in [0.2, 0.25) is 5.91 Å². The molecular weight excluding hydrogens is 222 g/mol. The van der Waals surface area contributed by atoms with Crippen molar-refractivity contribution >= 4 is 17.6 Å². The Morgan fingerprint density at radius 3 is 2.35 bits per heavy atom. The Bertz CT molecular complexity index is 442. The number of amides is 1. The topological polar surface area (TPSA) is 55.8 Å². The summed E-state index contributed by atoms with van der Waals surface area (Å²) in [6, 6.07) is 4.85. The third-order valence-electron chi connectivity index (χ3n) is 2.45. The van der Waals surface area contributed by atoms with Crippen LogP contribution in [0.3, 0.4) is 0 Å². The Balaban J connectivity index is 3.17. The van der Waals surface area contributed by atoms with Crippen LogP contribution in [0.4, 0.5) is 5.69 Å². The minimum absolute atomic E-state index is 0.0992. The highest BCUT2D eigenvalue weighted by molar-refractivity contribution is 5.95. The van der Waals surface area contributed by atoms with E-state index < -0.39 is 5.97 Å². The van der Waals surface area contributed by atoms with E-state index in [9.17, 15) is 9.59 Å². The zero-order chi connectivity index (χ0) is 13.0. The first kappa shape index (κ1) is 13.0. The van der Waals surface area contributed by atoms with Crippen molar-refractivity contribution < 1.29 is 19.1 Å². The number of esters is 1. The number of hydrogen-bond donors (Lipinski definition) is 0. The molecule has 1 rings (SSSR count). The number of anilines is 1. The maximum Gasteiger partial charge on any atom is 0.341 e. The monoisotopic (exact) mass is 237 g/mol. The standard InChI is InChI=1S/C12H15NO4/c1-8(14)13(2)9-5-6-10(12(15)17-4)11(7-9)16-3/h5-7H,1-4H3. The first-order chi connectivity index (χ1) is 8.01. The lowest BCUT2D eigenvalue weighted by atomic mass is 10.1. The fourth-order valence-electron chi connectivity index (χ4n) is 1.35. The van der Waals surface area contributed by atoms with Crippen molar-refractivity contribution in [1.82, 2.24) is 0 Å². The summed E-state index contributed by atoms with van der Waals surface area (Å²) in [5.41, 5.74) is 0.984. The molecule has 0 saturated carbocycles. The van der Waals surface area contributed by atoms with Crippen LogP contribution in [0.1, 0.15) is 17.3 Å². The molecule has 0 unspecified atom stereocenters. The lowest BCUT2D eigenvalue weighted by Gasteiger charge is -2.16. The summed E-state index contributed by atoms with van der Waals surface area (Å²) in [5.74, 6) is -0.195. The Hall–Kier alpha value is -2.04. The summed E-state index contributed by atoms with van der Waals surface area (Å²) < 4.78 is 9.73. The van der Waals surface area contributed by atoms with Crippen LogP contribution >= 0.6 is 0 Å². The lowest BCUT2D eigenvalue weighted by Crippen LogP contribution is -2.22. The van der Waals surface area contributed by atoms with Crippen LogP contribution in [-0.2, 0) is 9.53 Å². The zero-order valence-corrected chi connectivity index (χ0v) is 10.3. The molecule has 0 spiro atoms. The van der Waals surface area contributed by atoms with Gasteiger partial charge in [0.25, 0.3) is 0 Å². The highest BCUT2D eigenvalue weighted by Crippen LogP contribution is 2.25. The maximum atomic E-state index is 11.4. The van der Waals surface area contributed by atoms with Crippen molar-refractivity contribution in [3.8, 4) is 5.75 Å².